The Kier molecular flexibility index (Phi) is 5.51. The van der Waals surface area contributed by atoms with E-state index >= 15 is 0 Å². The van der Waals surface area contributed by atoms with Crippen molar-refractivity contribution in [1.82, 2.24) is 14.9 Å². The highest BCUT2D eigenvalue weighted by Gasteiger charge is 2.37. The van der Waals surface area contributed by atoms with Crippen LogP contribution in [0, 0.1) is 6.92 Å². The normalized spacial score (nSPS) is 20.8. The Morgan fingerprint density at radius 2 is 2.06 bits per heavy atom. The van der Waals surface area contributed by atoms with Gasteiger partial charge in [-0.25, -0.2) is 4.98 Å². The van der Waals surface area contributed by atoms with Gasteiger partial charge in [0, 0.05) is 24.3 Å². The SMILES string of the molecule is CCN1CC(C)(C)Oc2nc(N3CCOCC3C)nc(-c3ccc(N)c(C)c3)c2C1=O. The number of aromatic nitrogens is 2. The summed E-state index contributed by atoms with van der Waals surface area (Å²) in [7, 11) is 0. The smallest absolute Gasteiger partial charge is 0.261 e. The van der Waals surface area contributed by atoms with Gasteiger partial charge < -0.3 is 25.0 Å². The molecule has 0 radical (unpaired) electrons. The molecule has 1 atom stereocenters. The fraction of sp³-hybridized carbons (Fsp3) is 0.522. The molecule has 0 aliphatic carbocycles. The fourth-order valence-electron chi connectivity index (χ4n) is 4.12. The third kappa shape index (κ3) is 4.04. The van der Waals surface area contributed by atoms with E-state index in [9.17, 15) is 4.79 Å². The van der Waals surface area contributed by atoms with Crippen LogP contribution in [0.5, 0.6) is 5.88 Å². The molecular weight excluding hydrogens is 394 g/mol. The first-order valence-corrected chi connectivity index (χ1v) is 10.8. The van der Waals surface area contributed by atoms with E-state index in [1.54, 1.807) is 4.90 Å². The van der Waals surface area contributed by atoms with Gasteiger partial charge >= 0.3 is 0 Å². The summed E-state index contributed by atoms with van der Waals surface area (Å²) in [5, 5.41) is 0. The maximum absolute atomic E-state index is 13.6. The highest BCUT2D eigenvalue weighted by molar-refractivity contribution is 6.02. The zero-order chi connectivity index (χ0) is 22.3. The van der Waals surface area contributed by atoms with Gasteiger partial charge in [-0.05, 0) is 52.3 Å². The van der Waals surface area contributed by atoms with Gasteiger partial charge in [0.2, 0.25) is 11.8 Å². The summed E-state index contributed by atoms with van der Waals surface area (Å²) in [4.78, 5) is 27.1. The number of nitrogen functional groups attached to an aromatic ring is 1. The number of nitrogens with zero attached hydrogens (tertiary/aromatic N) is 4. The van der Waals surface area contributed by atoms with E-state index in [4.69, 9.17) is 25.2 Å². The van der Waals surface area contributed by atoms with Crippen LogP contribution in [0.2, 0.25) is 0 Å². The molecule has 1 amide bonds. The van der Waals surface area contributed by atoms with Crippen molar-refractivity contribution in [1.29, 1.82) is 0 Å². The van der Waals surface area contributed by atoms with Gasteiger partial charge in [0.15, 0.2) is 0 Å². The molecule has 8 nitrogen and oxygen atoms in total. The second-order valence-corrected chi connectivity index (χ2v) is 8.92. The van der Waals surface area contributed by atoms with Crippen LogP contribution in [-0.2, 0) is 4.74 Å². The predicted molar refractivity (Wildman–Crippen MR) is 121 cm³/mol. The van der Waals surface area contributed by atoms with Crippen LogP contribution in [0.3, 0.4) is 0 Å². The second kappa shape index (κ2) is 8.00. The number of anilines is 2. The van der Waals surface area contributed by atoms with Crippen molar-refractivity contribution < 1.29 is 14.3 Å². The van der Waals surface area contributed by atoms with Crippen LogP contribution >= 0.6 is 0 Å². The van der Waals surface area contributed by atoms with Crippen molar-refractivity contribution in [3.05, 3.63) is 29.3 Å². The van der Waals surface area contributed by atoms with Crippen molar-refractivity contribution in [2.24, 2.45) is 0 Å². The first-order valence-electron chi connectivity index (χ1n) is 10.8. The number of amides is 1. The Balaban J connectivity index is 1.96. The molecule has 2 aliphatic rings. The lowest BCUT2D eigenvalue weighted by Gasteiger charge is -2.34. The number of rotatable bonds is 3. The average Bonchev–Trinajstić information content (AvgIpc) is 2.82. The minimum atomic E-state index is -0.576. The summed E-state index contributed by atoms with van der Waals surface area (Å²) in [6.45, 7) is 12.9. The second-order valence-electron chi connectivity index (χ2n) is 8.92. The topological polar surface area (TPSA) is 93.8 Å². The zero-order valence-electron chi connectivity index (χ0n) is 18.9. The summed E-state index contributed by atoms with van der Waals surface area (Å²) in [6.07, 6.45) is 0. The third-order valence-corrected chi connectivity index (χ3v) is 5.86. The Bertz CT molecular complexity index is 1010. The number of carbonyl (C=O) groups excluding carboxylic acids is 1. The summed E-state index contributed by atoms with van der Waals surface area (Å²) in [5.74, 6) is 0.765. The molecule has 0 spiro atoms. The molecule has 1 aromatic carbocycles. The highest BCUT2D eigenvalue weighted by atomic mass is 16.5. The molecule has 31 heavy (non-hydrogen) atoms. The lowest BCUT2D eigenvalue weighted by atomic mass is 10.0. The number of aryl methyl sites for hydroxylation is 1. The standard InChI is InChI=1S/C23H31N5O3/c1-6-27-13-23(4,5)31-20-18(21(27)29)19(16-7-8-17(24)14(2)11-16)25-22(26-20)28-9-10-30-12-15(28)3/h7-8,11,15H,6,9-10,12-13,24H2,1-5H3. The van der Waals surface area contributed by atoms with Gasteiger partial charge in [-0.2, -0.15) is 4.98 Å². The third-order valence-electron chi connectivity index (χ3n) is 5.86. The van der Waals surface area contributed by atoms with Crippen LogP contribution in [0.15, 0.2) is 18.2 Å². The van der Waals surface area contributed by atoms with Crippen LogP contribution in [0.4, 0.5) is 11.6 Å². The van der Waals surface area contributed by atoms with Gasteiger partial charge in [0.25, 0.3) is 5.91 Å². The molecule has 4 rings (SSSR count). The van der Waals surface area contributed by atoms with Gasteiger partial charge in [0.05, 0.1) is 31.5 Å². The van der Waals surface area contributed by atoms with Crippen molar-refractivity contribution in [3.8, 4) is 17.1 Å². The predicted octanol–water partition coefficient (Wildman–Crippen LogP) is 2.89. The quantitative estimate of drug-likeness (QED) is 0.756. The molecule has 2 N–H and O–H groups in total. The Hall–Kier alpha value is -2.87. The molecule has 0 saturated carbocycles. The van der Waals surface area contributed by atoms with Crippen LogP contribution in [-0.4, -0.2) is 65.3 Å². The molecule has 8 heteroatoms. The van der Waals surface area contributed by atoms with Gasteiger partial charge in [-0.3, -0.25) is 4.79 Å². The first kappa shape index (κ1) is 21.4. The van der Waals surface area contributed by atoms with E-state index in [1.807, 2.05) is 45.9 Å². The Labute approximate surface area is 183 Å². The van der Waals surface area contributed by atoms with E-state index in [2.05, 4.69) is 11.8 Å². The van der Waals surface area contributed by atoms with E-state index in [0.29, 0.717) is 61.6 Å². The largest absolute Gasteiger partial charge is 0.469 e. The van der Waals surface area contributed by atoms with Crippen LogP contribution < -0.4 is 15.4 Å². The number of nitrogens with two attached hydrogens (primary N) is 1. The lowest BCUT2D eigenvalue weighted by molar-refractivity contribution is 0.0541. The zero-order valence-corrected chi connectivity index (χ0v) is 18.9. The number of carbonyl (C=O) groups is 1. The van der Waals surface area contributed by atoms with Crippen molar-refractivity contribution >= 4 is 17.5 Å². The average molecular weight is 426 g/mol. The summed E-state index contributed by atoms with van der Waals surface area (Å²) in [5.41, 5.74) is 8.90. The Morgan fingerprint density at radius 1 is 1.29 bits per heavy atom. The molecule has 166 valence electrons. The van der Waals surface area contributed by atoms with Gasteiger partial charge in [-0.1, -0.05) is 6.07 Å². The van der Waals surface area contributed by atoms with E-state index in [1.165, 1.54) is 0 Å². The van der Waals surface area contributed by atoms with E-state index < -0.39 is 5.60 Å². The summed E-state index contributed by atoms with van der Waals surface area (Å²) in [6, 6.07) is 5.83. The minimum absolute atomic E-state index is 0.117. The number of benzene rings is 1. The summed E-state index contributed by atoms with van der Waals surface area (Å²) >= 11 is 0. The number of ether oxygens (including phenoxy) is 2. The molecule has 2 aliphatic heterocycles. The van der Waals surface area contributed by atoms with Crippen molar-refractivity contribution in [2.75, 3.05) is 43.5 Å². The molecular formula is C23H31N5O3. The van der Waals surface area contributed by atoms with E-state index in [-0.39, 0.29) is 11.9 Å². The van der Waals surface area contributed by atoms with Crippen molar-refractivity contribution in [2.45, 2.75) is 46.3 Å². The monoisotopic (exact) mass is 425 g/mol. The number of morpholine rings is 1. The molecule has 1 aromatic heterocycles. The molecule has 1 fully saturated rings. The number of likely N-dealkylation sites (N-methyl/N-ethyl adjacent to an activating group) is 1. The molecule has 3 heterocycles. The van der Waals surface area contributed by atoms with Crippen LogP contribution in [0.1, 0.15) is 43.6 Å². The summed E-state index contributed by atoms with van der Waals surface area (Å²) < 4.78 is 11.9. The molecule has 1 unspecified atom stereocenters. The Morgan fingerprint density at radius 3 is 2.74 bits per heavy atom. The molecule has 2 aromatic rings. The maximum Gasteiger partial charge on any atom is 0.261 e. The number of hydrogen-bond acceptors (Lipinski definition) is 7. The lowest BCUT2D eigenvalue weighted by Crippen LogP contribution is -2.44. The van der Waals surface area contributed by atoms with Crippen LogP contribution in [0.25, 0.3) is 11.3 Å². The molecule has 1 saturated heterocycles. The number of fused-ring (bicyclic) bond motifs is 1. The van der Waals surface area contributed by atoms with E-state index in [0.717, 1.165) is 11.1 Å². The highest BCUT2D eigenvalue weighted by Crippen LogP contribution is 2.37. The van der Waals surface area contributed by atoms with Gasteiger partial charge in [-0.15, -0.1) is 0 Å². The maximum atomic E-state index is 13.6. The fourth-order valence-corrected chi connectivity index (χ4v) is 4.12. The van der Waals surface area contributed by atoms with Gasteiger partial charge in [0.1, 0.15) is 11.2 Å². The minimum Gasteiger partial charge on any atom is -0.469 e. The molecule has 0 bridgehead atoms. The number of hydrogen-bond donors (Lipinski definition) is 1. The first-order chi connectivity index (χ1) is 14.7. The van der Waals surface area contributed by atoms with Crippen molar-refractivity contribution in [3.63, 3.8) is 0 Å².